The van der Waals surface area contributed by atoms with E-state index in [1.807, 2.05) is 6.07 Å². The van der Waals surface area contributed by atoms with Crippen molar-refractivity contribution >= 4 is 27.9 Å². The van der Waals surface area contributed by atoms with Crippen LogP contribution in [0.5, 0.6) is 0 Å². The summed E-state index contributed by atoms with van der Waals surface area (Å²) in [5.41, 5.74) is 0.891. The van der Waals surface area contributed by atoms with Crippen LogP contribution >= 0.6 is 0 Å². The van der Waals surface area contributed by atoms with Gasteiger partial charge in [-0.15, -0.1) is 0 Å². The standard InChI is InChI=1S/C13H15N5OS/c1-8(2)6-15-12-11-9(4-10(5-14)17-12)7-16-13(18-11)20(3)19/h4,7-8H,6H2,1-3H3,(H,15,17). The summed E-state index contributed by atoms with van der Waals surface area (Å²) in [7, 11) is 0. The molecule has 2 aromatic rings. The lowest BCUT2D eigenvalue weighted by Crippen LogP contribution is -2.11. The van der Waals surface area contributed by atoms with Gasteiger partial charge in [0.05, 0.1) is 0 Å². The number of hydrogen-bond acceptors (Lipinski definition) is 6. The third-order valence-corrected chi connectivity index (χ3v) is 3.30. The summed E-state index contributed by atoms with van der Waals surface area (Å²) in [5, 5.41) is 13.2. The maximum Gasteiger partial charge on any atom is 0.343 e. The molecule has 0 aliphatic heterocycles. The number of aromatic nitrogens is 3. The van der Waals surface area contributed by atoms with Gasteiger partial charge in [-0.3, -0.25) is 0 Å². The van der Waals surface area contributed by atoms with Gasteiger partial charge in [0.25, 0.3) is 0 Å². The van der Waals surface area contributed by atoms with E-state index in [0.29, 0.717) is 34.9 Å². The molecule has 2 aromatic heterocycles. The first kappa shape index (κ1) is 14.5. The van der Waals surface area contributed by atoms with E-state index in [-0.39, 0.29) is 5.16 Å². The lowest BCUT2D eigenvalue weighted by Gasteiger charge is -2.11. The van der Waals surface area contributed by atoms with Crippen molar-refractivity contribution in [3.63, 3.8) is 0 Å². The molecular formula is C13H15N5OS. The Hall–Kier alpha value is -1.91. The summed E-state index contributed by atoms with van der Waals surface area (Å²) < 4.78 is 11.5. The fourth-order valence-electron chi connectivity index (χ4n) is 1.64. The normalized spacial score (nSPS) is 12.4. The fraction of sp³-hybridized carbons (Fsp3) is 0.385. The molecular weight excluding hydrogens is 274 g/mol. The lowest BCUT2D eigenvalue weighted by molar-refractivity contribution is 0.593. The molecule has 104 valence electrons. The Balaban J connectivity index is 2.55. The fourth-order valence-corrected chi connectivity index (χ4v) is 2.06. The van der Waals surface area contributed by atoms with Crippen LogP contribution in [0.25, 0.3) is 10.9 Å². The predicted octanol–water partition coefficient (Wildman–Crippen LogP) is 1.70. The Bertz CT molecular complexity index is 666. The monoisotopic (exact) mass is 289 g/mol. The van der Waals surface area contributed by atoms with Gasteiger partial charge in [0.2, 0.25) is 0 Å². The first-order valence-electron chi connectivity index (χ1n) is 6.16. The Kier molecular flexibility index (Phi) is 4.37. The molecule has 1 atom stereocenters. The van der Waals surface area contributed by atoms with E-state index < -0.39 is 11.2 Å². The van der Waals surface area contributed by atoms with Crippen LogP contribution in [0, 0.1) is 17.2 Å². The zero-order valence-corrected chi connectivity index (χ0v) is 12.4. The van der Waals surface area contributed by atoms with Crippen molar-refractivity contribution in [2.24, 2.45) is 5.92 Å². The molecule has 0 radical (unpaired) electrons. The molecule has 2 heterocycles. The first-order chi connectivity index (χ1) is 9.51. The van der Waals surface area contributed by atoms with Gasteiger partial charge in [-0.1, -0.05) is 13.8 Å². The Morgan fingerprint density at radius 1 is 1.45 bits per heavy atom. The zero-order valence-electron chi connectivity index (χ0n) is 11.5. The molecule has 0 amide bonds. The molecule has 0 fully saturated rings. The van der Waals surface area contributed by atoms with Gasteiger partial charge in [-0.2, -0.15) is 15.2 Å². The highest BCUT2D eigenvalue weighted by Crippen LogP contribution is 2.21. The highest BCUT2D eigenvalue weighted by atomic mass is 32.2. The topological polar surface area (TPSA) is 97.5 Å². The molecule has 1 N–H and O–H groups in total. The summed E-state index contributed by atoms with van der Waals surface area (Å²) in [6.45, 7) is 4.86. The smallest absolute Gasteiger partial charge is 0.343 e. The van der Waals surface area contributed by atoms with Crippen LogP contribution in [-0.2, 0) is 11.2 Å². The molecule has 0 bridgehead atoms. The number of nitrogens with zero attached hydrogens (tertiary/aromatic N) is 4. The lowest BCUT2D eigenvalue weighted by atomic mass is 10.2. The van der Waals surface area contributed by atoms with Crippen LogP contribution in [0.15, 0.2) is 17.4 Å². The van der Waals surface area contributed by atoms with Crippen molar-refractivity contribution in [1.82, 2.24) is 15.0 Å². The average Bonchev–Trinajstić information content (AvgIpc) is 2.43. The van der Waals surface area contributed by atoms with Crippen LogP contribution in [-0.4, -0.2) is 32.3 Å². The summed E-state index contributed by atoms with van der Waals surface area (Å²) in [5.74, 6) is 0.959. The van der Waals surface area contributed by atoms with Crippen LogP contribution in [0.1, 0.15) is 19.5 Å². The van der Waals surface area contributed by atoms with Gasteiger partial charge >= 0.3 is 5.16 Å². The molecule has 6 nitrogen and oxygen atoms in total. The summed E-state index contributed by atoms with van der Waals surface area (Å²) in [4.78, 5) is 12.6. The van der Waals surface area contributed by atoms with E-state index in [2.05, 4.69) is 34.1 Å². The number of hydrogen-bond donors (Lipinski definition) is 1. The van der Waals surface area contributed by atoms with E-state index in [1.54, 1.807) is 12.3 Å². The van der Waals surface area contributed by atoms with Gasteiger partial charge in [-0.25, -0.2) is 4.98 Å². The second-order valence-corrected chi connectivity index (χ2v) is 6.06. The van der Waals surface area contributed by atoms with E-state index in [1.165, 1.54) is 6.26 Å². The molecule has 20 heavy (non-hydrogen) atoms. The maximum absolute atomic E-state index is 11.5. The quantitative estimate of drug-likeness (QED) is 0.679. The van der Waals surface area contributed by atoms with Crippen molar-refractivity contribution in [2.45, 2.75) is 19.0 Å². The third kappa shape index (κ3) is 3.15. The maximum atomic E-state index is 11.5. The first-order valence-corrected chi connectivity index (χ1v) is 7.72. The molecule has 0 spiro atoms. The SMILES string of the molecule is CC(C)CNc1nc(C#N)cc2cnc([S+](C)[O-])nc12. The third-order valence-electron chi connectivity index (χ3n) is 2.59. The highest BCUT2D eigenvalue weighted by molar-refractivity contribution is 7.90. The molecule has 0 aliphatic carbocycles. The van der Waals surface area contributed by atoms with Crippen LogP contribution < -0.4 is 5.32 Å². The van der Waals surface area contributed by atoms with Crippen LogP contribution in [0.2, 0.25) is 0 Å². The second-order valence-electron chi connectivity index (χ2n) is 4.79. The Morgan fingerprint density at radius 2 is 2.20 bits per heavy atom. The van der Waals surface area contributed by atoms with Crippen molar-refractivity contribution in [2.75, 3.05) is 18.1 Å². The molecule has 0 saturated heterocycles. The summed E-state index contributed by atoms with van der Waals surface area (Å²) >= 11 is -1.26. The molecule has 0 aliphatic rings. The number of fused-ring (bicyclic) bond motifs is 1. The molecule has 7 heteroatoms. The Morgan fingerprint density at radius 3 is 2.80 bits per heavy atom. The van der Waals surface area contributed by atoms with Crippen molar-refractivity contribution in [3.8, 4) is 6.07 Å². The number of pyridine rings is 1. The second kappa shape index (κ2) is 6.03. The van der Waals surface area contributed by atoms with Crippen LogP contribution in [0.3, 0.4) is 0 Å². The Labute approximate surface area is 120 Å². The highest BCUT2D eigenvalue weighted by Gasteiger charge is 2.14. The number of nitrogens with one attached hydrogen (secondary N) is 1. The number of anilines is 1. The zero-order chi connectivity index (χ0) is 14.7. The predicted molar refractivity (Wildman–Crippen MR) is 77.7 cm³/mol. The van der Waals surface area contributed by atoms with Gasteiger partial charge in [0.15, 0.2) is 5.82 Å². The number of nitriles is 1. The summed E-state index contributed by atoms with van der Waals surface area (Å²) in [6, 6.07) is 3.64. The molecule has 2 rings (SSSR count). The molecule has 0 aromatic carbocycles. The van der Waals surface area contributed by atoms with Crippen molar-refractivity contribution < 1.29 is 4.55 Å². The van der Waals surface area contributed by atoms with E-state index in [9.17, 15) is 4.55 Å². The minimum absolute atomic E-state index is 0.261. The van der Waals surface area contributed by atoms with E-state index in [4.69, 9.17) is 5.26 Å². The number of rotatable bonds is 4. The van der Waals surface area contributed by atoms with Gasteiger partial charge in [-0.05, 0) is 12.0 Å². The van der Waals surface area contributed by atoms with Gasteiger partial charge < -0.3 is 9.87 Å². The largest absolute Gasteiger partial charge is 0.609 e. The molecule has 0 saturated carbocycles. The van der Waals surface area contributed by atoms with Gasteiger partial charge in [0.1, 0.15) is 23.5 Å². The minimum Gasteiger partial charge on any atom is -0.609 e. The average molecular weight is 289 g/mol. The summed E-state index contributed by atoms with van der Waals surface area (Å²) in [6.07, 6.45) is 3.10. The van der Waals surface area contributed by atoms with E-state index in [0.717, 1.165) is 0 Å². The van der Waals surface area contributed by atoms with Crippen molar-refractivity contribution in [3.05, 3.63) is 18.0 Å². The van der Waals surface area contributed by atoms with Gasteiger partial charge in [0, 0.05) is 29.3 Å². The minimum atomic E-state index is -1.26. The van der Waals surface area contributed by atoms with Crippen molar-refractivity contribution in [1.29, 1.82) is 5.26 Å². The van der Waals surface area contributed by atoms with Crippen LogP contribution in [0.4, 0.5) is 5.82 Å². The molecule has 1 unspecified atom stereocenters. The van der Waals surface area contributed by atoms with E-state index >= 15 is 0 Å².